The first-order chi connectivity index (χ1) is 14.3. The molecule has 0 aliphatic carbocycles. The van der Waals surface area contributed by atoms with Crippen LogP contribution in [0.3, 0.4) is 0 Å². The van der Waals surface area contributed by atoms with Gasteiger partial charge in [0.25, 0.3) is 0 Å². The van der Waals surface area contributed by atoms with Crippen LogP contribution in [0.1, 0.15) is 17.5 Å². The van der Waals surface area contributed by atoms with Gasteiger partial charge in [-0.15, -0.1) is 0 Å². The molecule has 0 spiro atoms. The summed E-state index contributed by atoms with van der Waals surface area (Å²) in [4.78, 5) is 2.03. The summed E-state index contributed by atoms with van der Waals surface area (Å²) in [6.45, 7) is 2.83. The molecule has 1 saturated heterocycles. The molecule has 2 unspecified atom stereocenters. The quantitative estimate of drug-likeness (QED) is 0.628. The molecule has 1 heterocycles. The summed E-state index contributed by atoms with van der Waals surface area (Å²) in [6.07, 6.45) is -0.203. The smallest absolute Gasteiger partial charge is 0.151 e. The van der Waals surface area contributed by atoms with Gasteiger partial charge in [-0.1, -0.05) is 23.7 Å². The first-order valence-corrected chi connectivity index (χ1v) is 12.1. The Kier molecular flexibility index (Phi) is 7.63. The number of aliphatic hydroxyl groups is 1. The molecule has 0 saturated carbocycles. The van der Waals surface area contributed by atoms with Crippen molar-refractivity contribution in [1.82, 2.24) is 4.90 Å². The van der Waals surface area contributed by atoms with E-state index in [0.29, 0.717) is 30.3 Å². The maximum absolute atomic E-state index is 12.0. The van der Waals surface area contributed by atoms with Crippen LogP contribution in [0.15, 0.2) is 42.5 Å². The molecule has 0 aromatic heterocycles. The second-order valence-electron chi connectivity index (χ2n) is 7.71. The van der Waals surface area contributed by atoms with E-state index in [4.69, 9.17) is 21.1 Å². The molecule has 0 bridgehead atoms. The molecule has 1 fully saturated rings. The van der Waals surface area contributed by atoms with E-state index in [1.54, 1.807) is 19.2 Å². The average Bonchev–Trinajstić information content (AvgIpc) is 3.08. The zero-order valence-electron chi connectivity index (χ0n) is 17.3. The Morgan fingerprint density at radius 1 is 1.23 bits per heavy atom. The van der Waals surface area contributed by atoms with Gasteiger partial charge in [-0.2, -0.15) is 0 Å². The Hall–Kier alpha value is -1.80. The molecule has 1 N–H and O–H groups in total. The molecule has 2 atom stereocenters. The molecule has 0 amide bonds. The Morgan fingerprint density at radius 3 is 2.70 bits per heavy atom. The summed E-state index contributed by atoms with van der Waals surface area (Å²) >= 11 is 6.04. The van der Waals surface area contributed by atoms with Crippen LogP contribution in [0, 0.1) is 6.92 Å². The fraction of sp³-hybridized carbons (Fsp3) is 0.455. The fourth-order valence-corrected chi connectivity index (χ4v) is 5.51. The minimum Gasteiger partial charge on any atom is -0.497 e. The van der Waals surface area contributed by atoms with Crippen molar-refractivity contribution < 1.29 is 23.0 Å². The third-order valence-corrected chi connectivity index (χ3v) is 7.44. The third kappa shape index (κ3) is 6.35. The summed E-state index contributed by atoms with van der Waals surface area (Å²) in [5.74, 6) is 1.68. The van der Waals surface area contributed by atoms with Gasteiger partial charge in [-0.3, -0.25) is 4.90 Å². The third-order valence-electron chi connectivity index (χ3n) is 5.26. The maximum atomic E-state index is 12.0. The molecule has 2 aromatic rings. The number of aliphatic hydroxyl groups excluding tert-OH is 1. The van der Waals surface area contributed by atoms with Gasteiger partial charge < -0.3 is 14.6 Å². The second-order valence-corrected chi connectivity index (χ2v) is 10.3. The molecule has 1 aliphatic rings. The number of hydrogen-bond donors (Lipinski definition) is 1. The number of hydrogen-bond acceptors (Lipinski definition) is 6. The highest BCUT2D eigenvalue weighted by atomic mass is 35.5. The van der Waals surface area contributed by atoms with Gasteiger partial charge in [0.2, 0.25) is 0 Å². The topological polar surface area (TPSA) is 76.1 Å². The zero-order chi connectivity index (χ0) is 21.7. The first-order valence-electron chi connectivity index (χ1n) is 9.90. The molecule has 0 radical (unpaired) electrons. The number of benzene rings is 2. The predicted octanol–water partition coefficient (Wildman–Crippen LogP) is 3.09. The largest absolute Gasteiger partial charge is 0.497 e. The van der Waals surface area contributed by atoms with Crippen molar-refractivity contribution in [1.29, 1.82) is 0 Å². The highest BCUT2D eigenvalue weighted by Crippen LogP contribution is 2.23. The Balaban J connectivity index is 1.67. The first kappa shape index (κ1) is 22.9. The van der Waals surface area contributed by atoms with Crippen LogP contribution in [0.5, 0.6) is 11.5 Å². The number of nitrogens with zero attached hydrogens (tertiary/aromatic N) is 1. The Bertz CT molecular complexity index is 966. The second kappa shape index (κ2) is 10.0. The number of aryl methyl sites for hydroxylation is 1. The molecular formula is C22H28ClNO5S. The fourth-order valence-electron chi connectivity index (χ4n) is 3.63. The van der Waals surface area contributed by atoms with Crippen molar-refractivity contribution >= 4 is 21.4 Å². The van der Waals surface area contributed by atoms with Gasteiger partial charge >= 0.3 is 0 Å². The van der Waals surface area contributed by atoms with Crippen molar-refractivity contribution in [3.8, 4) is 11.5 Å². The van der Waals surface area contributed by atoms with Crippen molar-refractivity contribution in [3.05, 3.63) is 58.6 Å². The number of ether oxygens (including phenoxy) is 2. The highest BCUT2D eigenvalue weighted by molar-refractivity contribution is 7.91. The SMILES string of the molecule is COc1cccc(CN(CC(O)COc2ccc(Cl)c(C)c2)C2CCS(=O)(=O)C2)c1. The van der Waals surface area contributed by atoms with E-state index in [2.05, 4.69) is 0 Å². The minimum atomic E-state index is -3.04. The van der Waals surface area contributed by atoms with Gasteiger partial charge in [0.1, 0.15) is 24.2 Å². The lowest BCUT2D eigenvalue weighted by atomic mass is 10.1. The predicted molar refractivity (Wildman–Crippen MR) is 118 cm³/mol. The van der Waals surface area contributed by atoms with Crippen molar-refractivity contribution in [3.63, 3.8) is 0 Å². The monoisotopic (exact) mass is 453 g/mol. The normalized spacial score (nSPS) is 19.0. The molecule has 8 heteroatoms. The van der Waals surface area contributed by atoms with Crippen LogP contribution < -0.4 is 9.47 Å². The van der Waals surface area contributed by atoms with Gasteiger partial charge in [0, 0.05) is 24.2 Å². The average molecular weight is 454 g/mol. The van der Waals surface area contributed by atoms with Gasteiger partial charge in [0.15, 0.2) is 9.84 Å². The van der Waals surface area contributed by atoms with E-state index < -0.39 is 15.9 Å². The number of sulfone groups is 1. The van der Waals surface area contributed by atoms with Crippen LogP contribution in [-0.2, 0) is 16.4 Å². The Morgan fingerprint density at radius 2 is 2.03 bits per heavy atom. The van der Waals surface area contributed by atoms with E-state index in [0.717, 1.165) is 16.9 Å². The Labute approximate surface area is 183 Å². The lowest BCUT2D eigenvalue weighted by molar-refractivity contribution is 0.0524. The van der Waals surface area contributed by atoms with E-state index in [1.807, 2.05) is 42.2 Å². The number of rotatable bonds is 9. The molecule has 30 heavy (non-hydrogen) atoms. The van der Waals surface area contributed by atoms with Gasteiger partial charge in [-0.25, -0.2) is 8.42 Å². The maximum Gasteiger partial charge on any atom is 0.151 e. The number of methoxy groups -OCH3 is 1. The van der Waals surface area contributed by atoms with Crippen LogP contribution in [0.25, 0.3) is 0 Å². The number of halogens is 1. The molecule has 3 rings (SSSR count). The summed E-state index contributed by atoms with van der Waals surface area (Å²) < 4.78 is 35.0. The van der Waals surface area contributed by atoms with E-state index >= 15 is 0 Å². The molecule has 1 aliphatic heterocycles. The molecule has 164 valence electrons. The van der Waals surface area contributed by atoms with Crippen molar-refractivity contribution in [2.45, 2.75) is 32.0 Å². The van der Waals surface area contributed by atoms with E-state index in [9.17, 15) is 13.5 Å². The summed E-state index contributed by atoms with van der Waals surface area (Å²) in [5, 5.41) is 11.3. The van der Waals surface area contributed by atoms with Crippen LogP contribution in [0.4, 0.5) is 0 Å². The van der Waals surface area contributed by atoms with Crippen LogP contribution in [-0.4, -0.2) is 62.3 Å². The standard InChI is InChI=1S/C22H28ClNO5S/c1-16-10-21(6-7-22(16)23)29-14-19(25)13-24(18-8-9-30(26,27)15-18)12-17-4-3-5-20(11-17)28-2/h3-7,10-11,18-19,25H,8-9,12-15H2,1-2H3. The van der Waals surface area contributed by atoms with Gasteiger partial charge in [-0.05, 0) is 54.8 Å². The zero-order valence-corrected chi connectivity index (χ0v) is 18.8. The van der Waals surface area contributed by atoms with Crippen molar-refractivity contribution in [2.75, 3.05) is 31.8 Å². The molecule has 2 aromatic carbocycles. The molecule has 6 nitrogen and oxygen atoms in total. The van der Waals surface area contributed by atoms with E-state index in [1.165, 1.54) is 0 Å². The lowest BCUT2D eigenvalue weighted by Crippen LogP contribution is -2.42. The lowest BCUT2D eigenvalue weighted by Gasteiger charge is -2.30. The van der Waals surface area contributed by atoms with Crippen molar-refractivity contribution in [2.24, 2.45) is 0 Å². The van der Waals surface area contributed by atoms with Gasteiger partial charge in [0.05, 0.1) is 18.6 Å². The summed E-state index contributed by atoms with van der Waals surface area (Å²) in [5.41, 5.74) is 1.90. The minimum absolute atomic E-state index is 0.106. The highest BCUT2D eigenvalue weighted by Gasteiger charge is 2.33. The summed E-state index contributed by atoms with van der Waals surface area (Å²) in [6, 6.07) is 12.9. The van der Waals surface area contributed by atoms with E-state index in [-0.39, 0.29) is 24.2 Å². The molecular weight excluding hydrogens is 426 g/mol. The summed E-state index contributed by atoms with van der Waals surface area (Å²) in [7, 11) is -1.43. The van der Waals surface area contributed by atoms with Crippen LogP contribution >= 0.6 is 11.6 Å². The van der Waals surface area contributed by atoms with Crippen LogP contribution in [0.2, 0.25) is 5.02 Å².